The maximum atomic E-state index is 8.95. The lowest BCUT2D eigenvalue weighted by atomic mass is 10.2. The Bertz CT molecular complexity index is 879. The second-order valence-corrected chi connectivity index (χ2v) is 5.29. The number of imidazole rings is 1. The van der Waals surface area contributed by atoms with Crippen molar-refractivity contribution in [3.8, 4) is 17.5 Å². The number of fused-ring (bicyclic) bond motifs is 1. The molecule has 0 fully saturated rings. The molecule has 0 spiro atoms. The van der Waals surface area contributed by atoms with E-state index in [1.54, 1.807) is 19.2 Å². The Balaban J connectivity index is 2.29. The van der Waals surface area contributed by atoms with Crippen molar-refractivity contribution in [3.05, 3.63) is 46.4 Å². The first kappa shape index (κ1) is 13.5. The molecule has 0 saturated carbocycles. The summed E-state index contributed by atoms with van der Waals surface area (Å²) in [6, 6.07) is 13.0. The molecule has 104 valence electrons. The highest BCUT2D eigenvalue weighted by molar-refractivity contribution is 9.10. The molecule has 0 radical (unpaired) electrons. The molecule has 0 aliphatic rings. The Labute approximate surface area is 129 Å². The van der Waals surface area contributed by atoms with E-state index in [1.165, 1.54) is 0 Å². The molecule has 0 aliphatic heterocycles. The third kappa shape index (κ3) is 2.22. The maximum Gasteiger partial charge on any atom is 0.205 e. The van der Waals surface area contributed by atoms with Crippen LogP contribution >= 0.6 is 15.9 Å². The van der Waals surface area contributed by atoms with Crippen LogP contribution in [0.25, 0.3) is 16.7 Å². The zero-order chi connectivity index (χ0) is 15.0. The predicted octanol–water partition coefficient (Wildman–Crippen LogP) is 3.25. The van der Waals surface area contributed by atoms with Gasteiger partial charge in [-0.3, -0.25) is 4.57 Å². The molecule has 1 aromatic heterocycles. The number of nitrogen functional groups attached to an aromatic ring is 1. The minimum absolute atomic E-state index is 0.378. The van der Waals surface area contributed by atoms with Crippen LogP contribution < -0.4 is 10.5 Å². The van der Waals surface area contributed by atoms with Gasteiger partial charge in [0.1, 0.15) is 5.75 Å². The summed E-state index contributed by atoms with van der Waals surface area (Å²) in [5.41, 5.74) is 9.06. The number of nitrogens with zero attached hydrogens (tertiary/aromatic N) is 3. The second kappa shape index (κ2) is 5.11. The van der Waals surface area contributed by atoms with Crippen molar-refractivity contribution in [2.45, 2.75) is 0 Å². The zero-order valence-electron chi connectivity index (χ0n) is 11.2. The van der Waals surface area contributed by atoms with Gasteiger partial charge in [0.2, 0.25) is 5.95 Å². The standard InChI is InChI=1S/C15H11BrN4O/c1-21-10-3-4-12-14(7-10)20(15(18)19-12)13-5-2-9(8-17)6-11(13)16/h2-7H,1H3,(H2,18,19). The molecule has 2 N–H and O–H groups in total. The first-order valence-corrected chi connectivity index (χ1v) is 6.95. The molecule has 2 aromatic carbocycles. The number of methoxy groups -OCH3 is 1. The van der Waals surface area contributed by atoms with Gasteiger partial charge >= 0.3 is 0 Å². The third-order valence-corrected chi connectivity index (χ3v) is 3.84. The van der Waals surface area contributed by atoms with E-state index in [4.69, 9.17) is 15.7 Å². The largest absolute Gasteiger partial charge is 0.497 e. The molecular formula is C15H11BrN4O. The summed E-state index contributed by atoms with van der Waals surface area (Å²) in [4.78, 5) is 4.35. The van der Waals surface area contributed by atoms with Gasteiger partial charge in [-0.1, -0.05) is 0 Å². The third-order valence-electron chi connectivity index (χ3n) is 3.21. The normalized spacial score (nSPS) is 10.5. The van der Waals surface area contributed by atoms with Crippen molar-refractivity contribution in [1.29, 1.82) is 5.26 Å². The number of nitrogens with two attached hydrogens (primary N) is 1. The fourth-order valence-corrected chi connectivity index (χ4v) is 2.77. The second-order valence-electron chi connectivity index (χ2n) is 4.44. The van der Waals surface area contributed by atoms with Gasteiger partial charge in [-0.05, 0) is 46.3 Å². The Hall–Kier alpha value is -2.52. The van der Waals surface area contributed by atoms with Crippen LogP contribution in [0.2, 0.25) is 0 Å². The maximum absolute atomic E-state index is 8.95. The van der Waals surface area contributed by atoms with Crippen molar-refractivity contribution in [2.75, 3.05) is 12.8 Å². The SMILES string of the molecule is COc1ccc2nc(N)n(-c3ccc(C#N)cc3Br)c2c1. The topological polar surface area (TPSA) is 76.9 Å². The molecule has 0 amide bonds. The number of benzene rings is 2. The van der Waals surface area contributed by atoms with Crippen LogP contribution in [0.15, 0.2) is 40.9 Å². The molecule has 5 nitrogen and oxygen atoms in total. The Morgan fingerprint density at radius 3 is 2.76 bits per heavy atom. The fourth-order valence-electron chi connectivity index (χ4n) is 2.21. The average Bonchev–Trinajstić information content (AvgIpc) is 2.82. The van der Waals surface area contributed by atoms with E-state index in [9.17, 15) is 0 Å². The first-order chi connectivity index (χ1) is 10.1. The lowest BCUT2D eigenvalue weighted by Gasteiger charge is -2.09. The number of rotatable bonds is 2. The number of anilines is 1. The zero-order valence-corrected chi connectivity index (χ0v) is 12.8. The number of ether oxygens (including phenoxy) is 1. The molecule has 21 heavy (non-hydrogen) atoms. The number of aromatic nitrogens is 2. The van der Waals surface area contributed by atoms with E-state index in [0.717, 1.165) is 26.9 Å². The smallest absolute Gasteiger partial charge is 0.205 e. The quantitative estimate of drug-likeness (QED) is 0.775. The van der Waals surface area contributed by atoms with Crippen LogP contribution in [0.5, 0.6) is 5.75 Å². The van der Waals surface area contributed by atoms with Crippen molar-refractivity contribution < 1.29 is 4.74 Å². The fraction of sp³-hybridized carbons (Fsp3) is 0.0667. The van der Waals surface area contributed by atoms with Crippen molar-refractivity contribution in [2.24, 2.45) is 0 Å². The van der Waals surface area contributed by atoms with Crippen molar-refractivity contribution in [3.63, 3.8) is 0 Å². The van der Waals surface area contributed by atoms with Crippen LogP contribution in [0, 0.1) is 11.3 Å². The highest BCUT2D eigenvalue weighted by Gasteiger charge is 2.13. The van der Waals surface area contributed by atoms with Gasteiger partial charge in [-0.15, -0.1) is 0 Å². The summed E-state index contributed by atoms with van der Waals surface area (Å²) in [7, 11) is 1.61. The van der Waals surface area contributed by atoms with Gasteiger partial charge in [-0.2, -0.15) is 5.26 Å². The van der Waals surface area contributed by atoms with Crippen LogP contribution in [0.4, 0.5) is 5.95 Å². The van der Waals surface area contributed by atoms with Gasteiger partial charge in [0.25, 0.3) is 0 Å². The lowest BCUT2D eigenvalue weighted by Crippen LogP contribution is -2.01. The van der Waals surface area contributed by atoms with E-state index < -0.39 is 0 Å². The van der Waals surface area contributed by atoms with Gasteiger partial charge < -0.3 is 10.5 Å². The molecule has 1 heterocycles. The van der Waals surface area contributed by atoms with Crippen LogP contribution in [-0.2, 0) is 0 Å². The number of halogens is 1. The number of hydrogen-bond acceptors (Lipinski definition) is 4. The summed E-state index contributed by atoms with van der Waals surface area (Å²) in [6.45, 7) is 0. The average molecular weight is 343 g/mol. The molecule has 0 atom stereocenters. The Kier molecular flexibility index (Phi) is 3.28. The van der Waals surface area contributed by atoms with Crippen LogP contribution in [-0.4, -0.2) is 16.7 Å². The lowest BCUT2D eigenvalue weighted by molar-refractivity contribution is 0.415. The Morgan fingerprint density at radius 1 is 1.29 bits per heavy atom. The molecule has 3 rings (SSSR count). The summed E-state index contributed by atoms with van der Waals surface area (Å²) >= 11 is 3.48. The molecule has 0 bridgehead atoms. The van der Waals surface area contributed by atoms with E-state index in [1.807, 2.05) is 28.8 Å². The minimum atomic E-state index is 0.378. The van der Waals surface area contributed by atoms with Gasteiger partial charge in [0.05, 0.1) is 35.5 Å². The molecular weight excluding hydrogens is 332 g/mol. The van der Waals surface area contributed by atoms with E-state index in [2.05, 4.69) is 27.0 Å². The summed E-state index contributed by atoms with van der Waals surface area (Å²) in [6.07, 6.45) is 0. The van der Waals surface area contributed by atoms with Gasteiger partial charge in [0.15, 0.2) is 0 Å². The minimum Gasteiger partial charge on any atom is -0.497 e. The monoisotopic (exact) mass is 342 g/mol. The molecule has 3 aromatic rings. The van der Waals surface area contributed by atoms with Gasteiger partial charge in [-0.25, -0.2) is 4.98 Å². The van der Waals surface area contributed by atoms with Crippen molar-refractivity contribution in [1.82, 2.24) is 9.55 Å². The highest BCUT2D eigenvalue weighted by atomic mass is 79.9. The summed E-state index contributed by atoms with van der Waals surface area (Å²) in [5, 5.41) is 8.95. The Morgan fingerprint density at radius 2 is 2.10 bits per heavy atom. The molecule has 0 saturated heterocycles. The summed E-state index contributed by atoms with van der Waals surface area (Å²) in [5.74, 6) is 1.11. The van der Waals surface area contributed by atoms with Gasteiger partial charge in [0, 0.05) is 10.5 Å². The predicted molar refractivity (Wildman–Crippen MR) is 84.4 cm³/mol. The first-order valence-electron chi connectivity index (χ1n) is 6.16. The van der Waals surface area contributed by atoms with Crippen molar-refractivity contribution >= 4 is 32.9 Å². The van der Waals surface area contributed by atoms with E-state index in [0.29, 0.717) is 11.5 Å². The molecule has 0 aliphatic carbocycles. The molecule has 0 unspecified atom stereocenters. The summed E-state index contributed by atoms with van der Waals surface area (Å²) < 4.78 is 7.85. The van der Waals surface area contributed by atoms with Crippen LogP contribution in [0.3, 0.4) is 0 Å². The van der Waals surface area contributed by atoms with E-state index >= 15 is 0 Å². The number of nitriles is 1. The van der Waals surface area contributed by atoms with Crippen LogP contribution in [0.1, 0.15) is 5.56 Å². The molecule has 6 heteroatoms. The van der Waals surface area contributed by atoms with E-state index in [-0.39, 0.29) is 0 Å². The number of hydrogen-bond donors (Lipinski definition) is 1. The highest BCUT2D eigenvalue weighted by Crippen LogP contribution is 2.30.